The molecule has 0 aromatic heterocycles. The molecule has 4 rings (SSSR count). The minimum Gasteiger partial charge on any atom is -0.352 e. The largest absolute Gasteiger partial charge is 0.352 e. The Hall–Kier alpha value is -3.27. The molecule has 8 nitrogen and oxygen atoms in total. The average molecular weight is 516 g/mol. The number of nitrogens with zero attached hydrogens (tertiary/aromatic N) is 2. The van der Waals surface area contributed by atoms with Crippen molar-refractivity contribution in [1.29, 1.82) is 0 Å². The van der Waals surface area contributed by atoms with Crippen LogP contribution in [-0.2, 0) is 26.2 Å². The lowest BCUT2D eigenvalue weighted by atomic mass is 10.1. The number of fused-ring (bicyclic) bond motifs is 1. The first-order chi connectivity index (χ1) is 17.2. The minimum atomic E-state index is -3.95. The monoisotopic (exact) mass is 515 g/mol. The molecular formula is C26H30FN3O5S. The van der Waals surface area contributed by atoms with Crippen molar-refractivity contribution in [1.82, 2.24) is 14.5 Å². The van der Waals surface area contributed by atoms with Gasteiger partial charge < -0.3 is 10.2 Å². The fourth-order valence-corrected chi connectivity index (χ4v) is 6.34. The van der Waals surface area contributed by atoms with Crippen LogP contribution in [0.2, 0.25) is 0 Å². The molecule has 1 fully saturated rings. The Morgan fingerprint density at radius 3 is 2.44 bits per heavy atom. The zero-order chi connectivity index (χ0) is 25.9. The lowest BCUT2D eigenvalue weighted by Crippen LogP contribution is -2.49. The van der Waals surface area contributed by atoms with E-state index in [9.17, 15) is 27.2 Å². The topological polar surface area (TPSA) is 104 Å². The van der Waals surface area contributed by atoms with E-state index in [2.05, 4.69) is 5.32 Å². The van der Waals surface area contributed by atoms with Crippen molar-refractivity contribution in [2.24, 2.45) is 0 Å². The van der Waals surface area contributed by atoms with Crippen LogP contribution < -0.4 is 5.32 Å². The Balaban J connectivity index is 1.43. The fraction of sp³-hybridized carbons (Fsp3) is 0.423. The molecule has 192 valence electrons. The second-order valence-corrected chi connectivity index (χ2v) is 11.1. The highest BCUT2D eigenvalue weighted by Gasteiger charge is 2.40. The van der Waals surface area contributed by atoms with Crippen molar-refractivity contribution in [3.8, 4) is 0 Å². The normalized spacial score (nSPS) is 17.6. The van der Waals surface area contributed by atoms with Gasteiger partial charge in [-0.1, -0.05) is 37.1 Å². The number of sulfonamides is 1. The third-order valence-electron chi connectivity index (χ3n) is 6.80. The van der Waals surface area contributed by atoms with Gasteiger partial charge in [-0.2, -0.15) is 0 Å². The number of benzene rings is 2. The number of hydrogen-bond acceptors (Lipinski definition) is 5. The predicted molar refractivity (Wildman–Crippen MR) is 131 cm³/mol. The molecule has 10 heteroatoms. The maximum Gasteiger partial charge on any atom is 0.269 e. The van der Waals surface area contributed by atoms with Gasteiger partial charge in [-0.3, -0.25) is 14.4 Å². The highest BCUT2D eigenvalue weighted by Crippen LogP contribution is 2.30. The van der Waals surface area contributed by atoms with E-state index in [0.717, 1.165) is 30.0 Å². The fourth-order valence-electron chi connectivity index (χ4n) is 4.73. The molecule has 0 saturated heterocycles. The van der Waals surface area contributed by atoms with E-state index in [1.165, 1.54) is 29.2 Å². The summed E-state index contributed by atoms with van der Waals surface area (Å²) < 4.78 is 39.7. The van der Waals surface area contributed by atoms with Gasteiger partial charge in [0.25, 0.3) is 15.9 Å². The highest BCUT2D eigenvalue weighted by molar-refractivity contribution is 7.90. The SMILES string of the molecule is CC(C(=O)NC1CCCC1)N(Cc1ccc(F)cc1)C(=O)CCCN1C(=O)c2ccccc2S1(=O)=O. The van der Waals surface area contributed by atoms with Crippen molar-refractivity contribution >= 4 is 27.7 Å². The molecule has 1 atom stereocenters. The zero-order valence-electron chi connectivity index (χ0n) is 20.2. The molecule has 1 heterocycles. The van der Waals surface area contributed by atoms with E-state index in [-0.39, 0.29) is 54.2 Å². The molecule has 0 spiro atoms. The lowest BCUT2D eigenvalue weighted by molar-refractivity contribution is -0.141. The molecule has 1 saturated carbocycles. The Bertz CT molecular complexity index is 1240. The quantitative estimate of drug-likeness (QED) is 0.552. The van der Waals surface area contributed by atoms with Crippen LogP contribution >= 0.6 is 0 Å². The summed E-state index contributed by atoms with van der Waals surface area (Å²) in [7, 11) is -3.95. The van der Waals surface area contributed by atoms with Gasteiger partial charge in [-0.05, 0) is 56.0 Å². The van der Waals surface area contributed by atoms with Gasteiger partial charge in [0.1, 0.15) is 16.8 Å². The number of rotatable bonds is 9. The van der Waals surface area contributed by atoms with Gasteiger partial charge in [-0.15, -0.1) is 0 Å². The molecule has 0 radical (unpaired) electrons. The molecule has 3 amide bonds. The maximum atomic E-state index is 13.4. The van der Waals surface area contributed by atoms with E-state index in [1.54, 1.807) is 31.2 Å². The van der Waals surface area contributed by atoms with Crippen molar-refractivity contribution in [3.05, 3.63) is 65.5 Å². The maximum absolute atomic E-state index is 13.4. The molecule has 1 aliphatic carbocycles. The van der Waals surface area contributed by atoms with E-state index in [4.69, 9.17) is 0 Å². The minimum absolute atomic E-state index is 0.0310. The van der Waals surface area contributed by atoms with Crippen LogP contribution in [0.4, 0.5) is 4.39 Å². The number of hydrogen-bond donors (Lipinski definition) is 1. The van der Waals surface area contributed by atoms with E-state index >= 15 is 0 Å². The van der Waals surface area contributed by atoms with Crippen LogP contribution in [-0.4, -0.2) is 54.0 Å². The molecule has 2 aromatic carbocycles. The van der Waals surface area contributed by atoms with Crippen LogP contribution in [0.25, 0.3) is 0 Å². The van der Waals surface area contributed by atoms with Gasteiger partial charge >= 0.3 is 0 Å². The summed E-state index contributed by atoms with van der Waals surface area (Å²) in [5.74, 6) is -1.62. The lowest BCUT2D eigenvalue weighted by Gasteiger charge is -2.30. The summed E-state index contributed by atoms with van der Waals surface area (Å²) in [6.45, 7) is 1.61. The Kier molecular flexibility index (Phi) is 7.73. The molecule has 1 unspecified atom stereocenters. The third kappa shape index (κ3) is 5.43. The third-order valence-corrected chi connectivity index (χ3v) is 8.64. The van der Waals surface area contributed by atoms with Crippen LogP contribution in [0.1, 0.15) is 61.4 Å². The van der Waals surface area contributed by atoms with Gasteiger partial charge in [0.2, 0.25) is 11.8 Å². The Labute approximate surface area is 210 Å². The standard InChI is InChI=1S/C26H30FN3O5S/c1-18(25(32)28-21-7-2-3-8-21)29(17-19-12-14-20(27)15-13-19)24(31)11-6-16-30-26(33)22-9-4-5-10-23(22)36(30,34)35/h4-5,9-10,12-15,18,21H,2-3,6-8,11,16-17H2,1H3,(H,28,32). The van der Waals surface area contributed by atoms with Crippen LogP contribution in [0.5, 0.6) is 0 Å². The highest BCUT2D eigenvalue weighted by atomic mass is 32.2. The predicted octanol–water partition coefficient (Wildman–Crippen LogP) is 3.23. The second kappa shape index (κ2) is 10.8. The number of carbonyl (C=O) groups is 3. The van der Waals surface area contributed by atoms with Crippen molar-refractivity contribution in [2.45, 2.75) is 69.0 Å². The van der Waals surface area contributed by atoms with Gasteiger partial charge in [-0.25, -0.2) is 17.1 Å². The summed E-state index contributed by atoms with van der Waals surface area (Å²) >= 11 is 0. The molecular weight excluding hydrogens is 485 g/mol. The van der Waals surface area contributed by atoms with Crippen molar-refractivity contribution in [3.63, 3.8) is 0 Å². The average Bonchev–Trinajstić information content (AvgIpc) is 3.44. The molecule has 36 heavy (non-hydrogen) atoms. The first kappa shape index (κ1) is 25.8. The molecule has 0 bridgehead atoms. The second-order valence-electron chi connectivity index (χ2n) is 9.30. The van der Waals surface area contributed by atoms with Gasteiger partial charge in [0.15, 0.2) is 0 Å². The first-order valence-corrected chi connectivity index (χ1v) is 13.6. The molecule has 2 aromatic rings. The number of carbonyl (C=O) groups excluding carboxylic acids is 3. The van der Waals surface area contributed by atoms with E-state index in [0.29, 0.717) is 5.56 Å². The van der Waals surface area contributed by atoms with Gasteiger partial charge in [0.05, 0.1) is 5.56 Å². The van der Waals surface area contributed by atoms with Crippen molar-refractivity contribution < 1.29 is 27.2 Å². The number of amides is 3. The first-order valence-electron chi connectivity index (χ1n) is 12.2. The van der Waals surface area contributed by atoms with Crippen LogP contribution in [0.3, 0.4) is 0 Å². The Morgan fingerprint density at radius 2 is 1.78 bits per heavy atom. The number of halogens is 1. The van der Waals surface area contributed by atoms with Gasteiger partial charge in [0, 0.05) is 25.6 Å². The summed E-state index contributed by atoms with van der Waals surface area (Å²) in [5, 5.41) is 3.01. The summed E-state index contributed by atoms with van der Waals surface area (Å²) in [5.41, 5.74) is 0.789. The van der Waals surface area contributed by atoms with Crippen molar-refractivity contribution in [2.75, 3.05) is 6.54 Å². The van der Waals surface area contributed by atoms with Crippen LogP contribution in [0.15, 0.2) is 53.4 Å². The molecule has 2 aliphatic rings. The van der Waals surface area contributed by atoms with E-state index in [1.807, 2.05) is 0 Å². The molecule has 1 N–H and O–H groups in total. The molecule has 1 aliphatic heterocycles. The smallest absolute Gasteiger partial charge is 0.269 e. The number of nitrogens with one attached hydrogen (secondary N) is 1. The van der Waals surface area contributed by atoms with Crippen LogP contribution in [0, 0.1) is 5.82 Å². The summed E-state index contributed by atoms with van der Waals surface area (Å²) in [6, 6.07) is 11.0. The summed E-state index contributed by atoms with van der Waals surface area (Å²) in [6.07, 6.45) is 3.97. The Morgan fingerprint density at radius 1 is 1.11 bits per heavy atom. The van der Waals surface area contributed by atoms with E-state index < -0.39 is 27.8 Å². The zero-order valence-corrected chi connectivity index (χ0v) is 21.0. The summed E-state index contributed by atoms with van der Waals surface area (Å²) in [4.78, 5) is 40.2.